The van der Waals surface area contributed by atoms with Gasteiger partial charge in [0.2, 0.25) is 0 Å². The Balaban J connectivity index is 1.88. The molecule has 22 heavy (non-hydrogen) atoms. The first-order valence-corrected chi connectivity index (χ1v) is 7.55. The number of aliphatic imine (C=N–C) groups is 1. The molecule has 0 aliphatic carbocycles. The van der Waals surface area contributed by atoms with Crippen molar-refractivity contribution < 1.29 is 9.18 Å². The van der Waals surface area contributed by atoms with Crippen molar-refractivity contribution in [2.45, 2.75) is 6.92 Å². The van der Waals surface area contributed by atoms with Gasteiger partial charge in [-0.3, -0.25) is 4.79 Å². The average Bonchev–Trinajstić information content (AvgIpc) is 2.84. The summed E-state index contributed by atoms with van der Waals surface area (Å²) in [7, 11) is 0. The Labute approximate surface area is 132 Å². The third-order valence-corrected chi connectivity index (χ3v) is 4.09. The zero-order valence-corrected chi connectivity index (χ0v) is 12.7. The lowest BCUT2D eigenvalue weighted by Crippen LogP contribution is -2.19. The van der Waals surface area contributed by atoms with Crippen molar-refractivity contribution in [1.29, 1.82) is 0 Å². The van der Waals surface area contributed by atoms with E-state index in [2.05, 4.69) is 10.3 Å². The maximum Gasteiger partial charge on any atom is 0.264 e. The fraction of sp³-hybridized carbons (Fsp3) is 0.0588. The summed E-state index contributed by atoms with van der Waals surface area (Å²) in [4.78, 5) is 16.8. The van der Waals surface area contributed by atoms with E-state index in [1.165, 1.54) is 23.9 Å². The normalized spacial score (nSPS) is 18.0. The van der Waals surface area contributed by atoms with Gasteiger partial charge in [0.05, 0.1) is 10.6 Å². The van der Waals surface area contributed by atoms with Crippen LogP contribution in [0.15, 0.2) is 58.4 Å². The highest BCUT2D eigenvalue weighted by molar-refractivity contribution is 8.18. The first kappa shape index (κ1) is 14.5. The standard InChI is InChI=1S/C17H13FN2OS/c1-11-6-2-5-9-14(11)19-17-20-16(21)15(22-17)10-12-7-3-4-8-13(12)18/h2-10H,1H3,(H,19,20,21). The number of amidine groups is 1. The van der Waals surface area contributed by atoms with Gasteiger partial charge < -0.3 is 5.32 Å². The van der Waals surface area contributed by atoms with Gasteiger partial charge in [0.15, 0.2) is 5.17 Å². The molecule has 2 aromatic rings. The van der Waals surface area contributed by atoms with E-state index in [9.17, 15) is 9.18 Å². The van der Waals surface area contributed by atoms with E-state index in [0.717, 1.165) is 11.3 Å². The summed E-state index contributed by atoms with van der Waals surface area (Å²) in [5.74, 6) is -0.617. The summed E-state index contributed by atoms with van der Waals surface area (Å²) in [5.41, 5.74) is 2.21. The second-order valence-electron chi connectivity index (χ2n) is 4.79. The number of halogens is 1. The Kier molecular flexibility index (Phi) is 4.06. The number of rotatable bonds is 2. The summed E-state index contributed by atoms with van der Waals surface area (Å²) in [6, 6.07) is 14.0. The maximum atomic E-state index is 13.7. The monoisotopic (exact) mass is 312 g/mol. The smallest absolute Gasteiger partial charge is 0.264 e. The summed E-state index contributed by atoms with van der Waals surface area (Å²) in [6.07, 6.45) is 1.54. The van der Waals surface area contributed by atoms with Crippen LogP contribution in [0.5, 0.6) is 0 Å². The number of aryl methyl sites for hydroxylation is 1. The van der Waals surface area contributed by atoms with Crippen LogP contribution in [0.1, 0.15) is 11.1 Å². The van der Waals surface area contributed by atoms with Gasteiger partial charge in [0.25, 0.3) is 5.91 Å². The first-order chi connectivity index (χ1) is 10.6. The molecule has 0 unspecified atom stereocenters. The number of amides is 1. The molecule has 3 rings (SSSR count). The van der Waals surface area contributed by atoms with E-state index in [1.54, 1.807) is 18.2 Å². The molecule has 5 heteroatoms. The predicted molar refractivity (Wildman–Crippen MR) is 88.4 cm³/mol. The highest BCUT2D eigenvalue weighted by atomic mass is 32.2. The zero-order valence-electron chi connectivity index (χ0n) is 11.8. The van der Waals surface area contributed by atoms with Gasteiger partial charge in [0.1, 0.15) is 5.82 Å². The third-order valence-electron chi connectivity index (χ3n) is 3.18. The molecule has 1 aliphatic rings. The minimum atomic E-state index is -0.354. The molecule has 1 N–H and O–H groups in total. The van der Waals surface area contributed by atoms with Crippen LogP contribution in [-0.2, 0) is 4.79 Å². The van der Waals surface area contributed by atoms with Gasteiger partial charge in [-0.05, 0) is 42.5 Å². The number of carbonyl (C=O) groups excluding carboxylic acids is 1. The molecule has 1 heterocycles. The van der Waals surface area contributed by atoms with E-state index in [-0.39, 0.29) is 11.7 Å². The molecule has 1 saturated heterocycles. The van der Waals surface area contributed by atoms with Gasteiger partial charge in [-0.15, -0.1) is 0 Å². The van der Waals surface area contributed by atoms with E-state index >= 15 is 0 Å². The number of hydrogen-bond acceptors (Lipinski definition) is 3. The van der Waals surface area contributed by atoms with Crippen molar-refractivity contribution >= 4 is 34.6 Å². The van der Waals surface area contributed by atoms with Crippen molar-refractivity contribution in [3.8, 4) is 0 Å². The predicted octanol–water partition coefficient (Wildman–Crippen LogP) is 4.03. The molecule has 0 bridgehead atoms. The zero-order chi connectivity index (χ0) is 15.5. The van der Waals surface area contributed by atoms with Crippen molar-refractivity contribution in [2.24, 2.45) is 4.99 Å². The Morgan fingerprint density at radius 3 is 2.64 bits per heavy atom. The number of hydrogen-bond donors (Lipinski definition) is 1. The molecule has 0 radical (unpaired) electrons. The van der Waals surface area contributed by atoms with E-state index in [4.69, 9.17) is 0 Å². The molecule has 110 valence electrons. The second kappa shape index (κ2) is 6.15. The number of nitrogens with zero attached hydrogens (tertiary/aromatic N) is 1. The fourth-order valence-electron chi connectivity index (χ4n) is 2.01. The first-order valence-electron chi connectivity index (χ1n) is 6.73. The van der Waals surface area contributed by atoms with Gasteiger partial charge in [-0.2, -0.15) is 0 Å². The van der Waals surface area contributed by atoms with Crippen molar-refractivity contribution in [2.75, 3.05) is 0 Å². The van der Waals surface area contributed by atoms with Gasteiger partial charge >= 0.3 is 0 Å². The molecule has 3 nitrogen and oxygen atoms in total. The molecule has 0 atom stereocenters. The molecular formula is C17H13FN2OS. The fourth-order valence-corrected chi connectivity index (χ4v) is 2.84. The van der Waals surface area contributed by atoms with E-state index < -0.39 is 0 Å². The van der Waals surface area contributed by atoms with Crippen LogP contribution >= 0.6 is 11.8 Å². The molecule has 2 aromatic carbocycles. The molecule has 1 aliphatic heterocycles. The SMILES string of the molecule is Cc1ccccc1N=C1NC(=O)C(=Cc2ccccc2F)S1. The largest absolute Gasteiger partial charge is 0.300 e. The van der Waals surface area contributed by atoms with Crippen LogP contribution in [-0.4, -0.2) is 11.1 Å². The summed E-state index contributed by atoms with van der Waals surface area (Å²) < 4.78 is 13.7. The number of carbonyl (C=O) groups is 1. The Bertz CT molecular complexity index is 799. The van der Waals surface area contributed by atoms with E-state index in [0.29, 0.717) is 15.6 Å². The average molecular weight is 312 g/mol. The number of para-hydroxylation sites is 1. The minimum absolute atomic E-state index is 0.263. The summed E-state index contributed by atoms with van der Waals surface area (Å²) in [5, 5.41) is 3.20. The van der Waals surface area contributed by atoms with Crippen molar-refractivity contribution in [3.05, 3.63) is 70.4 Å². The van der Waals surface area contributed by atoms with E-state index in [1.807, 2.05) is 31.2 Å². The number of nitrogens with one attached hydrogen (secondary N) is 1. The number of thioether (sulfide) groups is 1. The molecular weight excluding hydrogens is 299 g/mol. The maximum absolute atomic E-state index is 13.7. The number of benzene rings is 2. The topological polar surface area (TPSA) is 41.5 Å². The highest BCUT2D eigenvalue weighted by Crippen LogP contribution is 2.29. The molecule has 0 aromatic heterocycles. The van der Waals surface area contributed by atoms with Crippen LogP contribution in [0.3, 0.4) is 0 Å². The van der Waals surface area contributed by atoms with Gasteiger partial charge in [0, 0.05) is 5.56 Å². The molecule has 0 spiro atoms. The van der Waals surface area contributed by atoms with Crippen LogP contribution in [0.2, 0.25) is 0 Å². The Hall–Kier alpha value is -2.40. The van der Waals surface area contributed by atoms with Crippen molar-refractivity contribution in [1.82, 2.24) is 5.32 Å². The molecule has 1 amide bonds. The lowest BCUT2D eigenvalue weighted by atomic mass is 10.2. The van der Waals surface area contributed by atoms with Gasteiger partial charge in [-0.1, -0.05) is 36.4 Å². The highest BCUT2D eigenvalue weighted by Gasteiger charge is 2.24. The van der Waals surface area contributed by atoms with Crippen molar-refractivity contribution in [3.63, 3.8) is 0 Å². The Morgan fingerprint density at radius 2 is 1.86 bits per heavy atom. The molecule has 1 fully saturated rings. The molecule has 0 saturated carbocycles. The van der Waals surface area contributed by atoms with Crippen LogP contribution in [0.25, 0.3) is 6.08 Å². The lowest BCUT2D eigenvalue weighted by Gasteiger charge is -1.99. The van der Waals surface area contributed by atoms with Crippen LogP contribution in [0, 0.1) is 12.7 Å². The van der Waals surface area contributed by atoms with Crippen LogP contribution < -0.4 is 5.32 Å². The Morgan fingerprint density at radius 1 is 1.14 bits per heavy atom. The second-order valence-corrected chi connectivity index (χ2v) is 5.82. The van der Waals surface area contributed by atoms with Crippen LogP contribution in [0.4, 0.5) is 10.1 Å². The van der Waals surface area contributed by atoms with Gasteiger partial charge in [-0.25, -0.2) is 9.38 Å². The third kappa shape index (κ3) is 3.09. The minimum Gasteiger partial charge on any atom is -0.300 e. The summed E-state index contributed by atoms with van der Waals surface area (Å²) >= 11 is 1.21. The summed E-state index contributed by atoms with van der Waals surface area (Å²) in [6.45, 7) is 1.96. The lowest BCUT2D eigenvalue weighted by molar-refractivity contribution is -0.115. The quantitative estimate of drug-likeness (QED) is 0.851.